The van der Waals surface area contributed by atoms with Crippen LogP contribution in [0.5, 0.6) is 0 Å². The number of aromatic nitrogens is 4. The van der Waals surface area contributed by atoms with Crippen molar-refractivity contribution in [2.45, 2.75) is 31.2 Å². The molecule has 13 nitrogen and oxygen atoms in total. The highest BCUT2D eigenvalue weighted by molar-refractivity contribution is 6.13. The molecule has 0 spiro atoms. The maximum absolute atomic E-state index is 14.9. The normalized spacial score (nSPS) is 21.3. The van der Waals surface area contributed by atoms with Crippen LogP contribution in [0.1, 0.15) is 49.1 Å². The number of rotatable bonds is 6. The molecular weight excluding hydrogens is 554 g/mol. The highest BCUT2D eigenvalue weighted by atomic mass is 19.1. The monoisotopic (exact) mass is 578 g/mol. The number of hydrogen-bond donors (Lipinski definition) is 6. The Bertz CT molecular complexity index is 1760. The van der Waals surface area contributed by atoms with E-state index in [0.29, 0.717) is 22.3 Å². The molecule has 3 heterocycles. The number of benzene rings is 2. The zero-order valence-corrected chi connectivity index (χ0v) is 21.7. The zero-order chi connectivity index (χ0) is 29.7. The van der Waals surface area contributed by atoms with Crippen LogP contribution in [0.15, 0.2) is 43.0 Å². The number of aliphatic hydroxyl groups is 2. The fourth-order valence-corrected chi connectivity index (χ4v) is 5.55. The standard InChI is InChI=1S/C27H24F2N8O5/c28-14-4-5-15(29)19(27(42)36-16-3-1-2-12-13(16)8-32-25(12)40)18(14)26(41)31-7-11-6-17(22(39)21(11)38)37-10-35-20-23(30)33-9-34-24(20)37/h1-5,9-11,17,21-22,38-39H,6-8H2,(H,31,41)(H,32,40)(H,36,42)(H2,30,33,34)/t11?,17?,21-,22+/m1/s1. The molecule has 4 atom stereocenters. The summed E-state index contributed by atoms with van der Waals surface area (Å²) in [6, 6.07) is 5.37. The predicted octanol–water partition coefficient (Wildman–Crippen LogP) is 0.895. The van der Waals surface area contributed by atoms with Crippen molar-refractivity contribution in [2.24, 2.45) is 5.92 Å². The number of nitrogens with two attached hydrogens (primary N) is 1. The van der Waals surface area contributed by atoms with Crippen LogP contribution in [-0.2, 0) is 6.54 Å². The van der Waals surface area contributed by atoms with E-state index in [0.717, 1.165) is 12.1 Å². The van der Waals surface area contributed by atoms with Gasteiger partial charge in [-0.1, -0.05) is 6.07 Å². The second-order valence-electron chi connectivity index (χ2n) is 10.1. The number of nitrogens with zero attached hydrogens (tertiary/aromatic N) is 4. The van der Waals surface area contributed by atoms with Crippen LogP contribution in [0.3, 0.4) is 0 Å². The molecule has 2 aromatic heterocycles. The van der Waals surface area contributed by atoms with Crippen LogP contribution in [0.4, 0.5) is 20.3 Å². The van der Waals surface area contributed by atoms with Crippen molar-refractivity contribution in [3.8, 4) is 0 Å². The van der Waals surface area contributed by atoms with E-state index in [9.17, 15) is 33.4 Å². The van der Waals surface area contributed by atoms with Crippen LogP contribution in [0.2, 0.25) is 0 Å². The molecule has 216 valence electrons. The summed E-state index contributed by atoms with van der Waals surface area (Å²) in [5.41, 5.74) is 5.88. The molecule has 42 heavy (non-hydrogen) atoms. The third kappa shape index (κ3) is 4.48. The number of amides is 3. The van der Waals surface area contributed by atoms with E-state index in [2.05, 4.69) is 30.9 Å². The first-order valence-electron chi connectivity index (χ1n) is 12.9. The number of imidazole rings is 1. The van der Waals surface area contributed by atoms with Gasteiger partial charge in [0, 0.05) is 35.8 Å². The van der Waals surface area contributed by atoms with Crippen molar-refractivity contribution < 1.29 is 33.4 Å². The van der Waals surface area contributed by atoms with E-state index in [1.807, 2.05) is 0 Å². The summed E-state index contributed by atoms with van der Waals surface area (Å²) in [4.78, 5) is 50.5. The lowest BCUT2D eigenvalue weighted by molar-refractivity contribution is 0.00692. The molecule has 1 aliphatic heterocycles. The van der Waals surface area contributed by atoms with Gasteiger partial charge in [-0.15, -0.1) is 0 Å². The number of halogens is 2. The minimum absolute atomic E-state index is 0.134. The topological polar surface area (TPSA) is 197 Å². The van der Waals surface area contributed by atoms with Crippen LogP contribution in [-0.4, -0.2) is 66.2 Å². The van der Waals surface area contributed by atoms with E-state index >= 15 is 0 Å². The quantitative estimate of drug-likeness (QED) is 0.192. The molecule has 2 aromatic carbocycles. The van der Waals surface area contributed by atoms with Crippen molar-refractivity contribution in [1.82, 2.24) is 30.2 Å². The fraction of sp³-hybridized carbons (Fsp3) is 0.259. The summed E-state index contributed by atoms with van der Waals surface area (Å²) in [5, 5.41) is 29.0. The molecule has 1 saturated carbocycles. The van der Waals surface area contributed by atoms with Crippen molar-refractivity contribution >= 4 is 40.4 Å². The van der Waals surface area contributed by atoms with Gasteiger partial charge in [-0.2, -0.15) is 0 Å². The molecule has 7 N–H and O–H groups in total. The van der Waals surface area contributed by atoms with Crippen molar-refractivity contribution in [2.75, 3.05) is 17.6 Å². The second-order valence-corrected chi connectivity index (χ2v) is 10.1. The number of carbonyl (C=O) groups excluding carboxylic acids is 3. The molecule has 4 aromatic rings. The van der Waals surface area contributed by atoms with Gasteiger partial charge in [0.25, 0.3) is 17.7 Å². The SMILES string of the molecule is Nc1ncnc2c1ncn2C1CC(CNC(=O)c2c(F)ccc(F)c2C(=O)Nc2cccc3c2CNC3=O)[C@@H](O)[C@H]1O. The van der Waals surface area contributed by atoms with Gasteiger partial charge >= 0.3 is 0 Å². The summed E-state index contributed by atoms with van der Waals surface area (Å²) in [6.07, 6.45) is 0.278. The molecule has 2 unspecified atom stereocenters. The Labute approximate surface area is 235 Å². The van der Waals surface area contributed by atoms with Gasteiger partial charge in [0.1, 0.15) is 29.6 Å². The van der Waals surface area contributed by atoms with Gasteiger partial charge in [0.2, 0.25) is 0 Å². The second kappa shape index (κ2) is 10.4. The average molecular weight is 579 g/mol. The van der Waals surface area contributed by atoms with Crippen LogP contribution < -0.4 is 21.7 Å². The predicted molar refractivity (Wildman–Crippen MR) is 143 cm³/mol. The molecule has 0 saturated heterocycles. The summed E-state index contributed by atoms with van der Waals surface area (Å²) >= 11 is 0. The molecule has 1 fully saturated rings. The molecule has 15 heteroatoms. The van der Waals surface area contributed by atoms with Gasteiger partial charge in [-0.25, -0.2) is 23.7 Å². The highest BCUT2D eigenvalue weighted by Crippen LogP contribution is 2.37. The van der Waals surface area contributed by atoms with Gasteiger partial charge in [0.05, 0.1) is 29.6 Å². The number of nitrogen functional groups attached to an aromatic ring is 1. The Kier molecular flexibility index (Phi) is 6.74. The van der Waals surface area contributed by atoms with Crippen LogP contribution in [0, 0.1) is 17.6 Å². The van der Waals surface area contributed by atoms with Gasteiger partial charge < -0.3 is 36.5 Å². The molecule has 3 amide bonds. The number of hydrogen-bond acceptors (Lipinski definition) is 9. The summed E-state index contributed by atoms with van der Waals surface area (Å²) < 4.78 is 31.4. The van der Waals surface area contributed by atoms with Crippen LogP contribution in [0.25, 0.3) is 11.2 Å². The Hall–Kier alpha value is -5.02. The lowest BCUT2D eigenvalue weighted by Gasteiger charge is -2.18. The number of carbonyl (C=O) groups is 3. The van der Waals surface area contributed by atoms with Crippen LogP contribution >= 0.6 is 0 Å². The minimum Gasteiger partial charge on any atom is -0.390 e. The number of anilines is 2. The van der Waals surface area contributed by atoms with Gasteiger partial charge in [-0.05, 0) is 30.7 Å². The Balaban J connectivity index is 1.21. The molecule has 0 radical (unpaired) electrons. The van der Waals surface area contributed by atoms with Crippen molar-refractivity contribution in [1.29, 1.82) is 0 Å². The fourth-order valence-electron chi connectivity index (χ4n) is 5.55. The largest absolute Gasteiger partial charge is 0.390 e. The highest BCUT2D eigenvalue weighted by Gasteiger charge is 2.43. The Morgan fingerprint density at radius 2 is 1.79 bits per heavy atom. The molecular formula is C27H24F2N8O5. The molecule has 6 rings (SSSR count). The summed E-state index contributed by atoms with van der Waals surface area (Å²) in [5.74, 6) is -5.34. The van der Waals surface area contributed by atoms with Crippen molar-refractivity contribution in [3.05, 3.63) is 76.9 Å². The zero-order valence-electron chi connectivity index (χ0n) is 21.7. The Morgan fingerprint density at radius 1 is 1.05 bits per heavy atom. The first kappa shape index (κ1) is 27.2. The molecule has 0 bridgehead atoms. The molecule has 2 aliphatic rings. The minimum atomic E-state index is -1.29. The lowest BCUT2D eigenvalue weighted by Crippen LogP contribution is -2.37. The summed E-state index contributed by atoms with van der Waals surface area (Å²) in [7, 11) is 0. The van der Waals surface area contributed by atoms with E-state index in [1.165, 1.54) is 24.8 Å². The maximum atomic E-state index is 14.9. The number of aliphatic hydroxyl groups excluding tert-OH is 2. The average Bonchev–Trinajstić information content (AvgIpc) is 3.65. The first-order valence-corrected chi connectivity index (χ1v) is 12.9. The van der Waals surface area contributed by atoms with Gasteiger partial charge in [-0.3, -0.25) is 14.4 Å². The number of fused-ring (bicyclic) bond motifs is 2. The van der Waals surface area contributed by atoms with E-state index in [-0.39, 0.29) is 36.9 Å². The summed E-state index contributed by atoms with van der Waals surface area (Å²) in [6.45, 7) is -0.0936. The first-order chi connectivity index (χ1) is 20.2. The third-order valence-electron chi connectivity index (χ3n) is 7.69. The van der Waals surface area contributed by atoms with E-state index in [4.69, 9.17) is 5.73 Å². The van der Waals surface area contributed by atoms with Crippen molar-refractivity contribution in [3.63, 3.8) is 0 Å². The third-order valence-corrected chi connectivity index (χ3v) is 7.69. The molecule has 1 aliphatic carbocycles. The van der Waals surface area contributed by atoms with Gasteiger partial charge in [0.15, 0.2) is 11.5 Å². The lowest BCUT2D eigenvalue weighted by atomic mass is 10.0. The van der Waals surface area contributed by atoms with E-state index < -0.39 is 58.7 Å². The van der Waals surface area contributed by atoms with E-state index in [1.54, 1.807) is 10.6 Å². The maximum Gasteiger partial charge on any atom is 0.259 e. The Morgan fingerprint density at radius 3 is 2.55 bits per heavy atom. The number of nitrogens with one attached hydrogen (secondary N) is 3. The smallest absolute Gasteiger partial charge is 0.259 e.